The normalized spacial score (nSPS) is 11.2. The van der Waals surface area contributed by atoms with Crippen LogP contribution in [0.1, 0.15) is 9.67 Å². The van der Waals surface area contributed by atoms with Gasteiger partial charge in [-0.25, -0.2) is 9.97 Å². The molecule has 1 amide bonds. The van der Waals surface area contributed by atoms with E-state index in [9.17, 15) is 14.9 Å². The van der Waals surface area contributed by atoms with Crippen LogP contribution in [0.5, 0.6) is 0 Å². The van der Waals surface area contributed by atoms with Crippen LogP contribution in [0.25, 0.3) is 31.0 Å². The molecule has 0 unspecified atom stereocenters. The second kappa shape index (κ2) is 6.99. The highest BCUT2D eigenvalue weighted by Crippen LogP contribution is 2.33. The number of rotatable bonds is 4. The number of non-ortho nitro benzene ring substituents is 1. The zero-order chi connectivity index (χ0) is 20.0. The molecule has 10 heteroatoms. The maximum absolute atomic E-state index is 12.6. The fourth-order valence-electron chi connectivity index (χ4n) is 2.83. The van der Waals surface area contributed by atoms with E-state index in [2.05, 4.69) is 15.3 Å². The van der Waals surface area contributed by atoms with Crippen LogP contribution in [0.3, 0.4) is 0 Å². The molecule has 0 atom stereocenters. The number of benzene rings is 2. The number of nitrogens with zero attached hydrogens (tertiary/aromatic N) is 3. The van der Waals surface area contributed by atoms with Crippen LogP contribution in [0.2, 0.25) is 0 Å². The van der Waals surface area contributed by atoms with E-state index in [0.717, 1.165) is 25.6 Å². The third-order valence-electron chi connectivity index (χ3n) is 4.17. The highest BCUT2D eigenvalue weighted by Gasteiger charge is 2.16. The van der Waals surface area contributed by atoms with Gasteiger partial charge in [0.05, 0.1) is 20.0 Å². The van der Waals surface area contributed by atoms with Gasteiger partial charge in [-0.3, -0.25) is 20.2 Å². The Morgan fingerprint density at radius 3 is 2.72 bits per heavy atom. The molecule has 0 bridgehead atoms. The number of hydrogen-bond donors (Lipinski definition) is 1. The summed E-state index contributed by atoms with van der Waals surface area (Å²) in [4.78, 5) is 32.6. The van der Waals surface area contributed by atoms with Gasteiger partial charge < -0.3 is 0 Å². The lowest BCUT2D eigenvalue weighted by Gasteiger charge is -1.97. The number of anilines is 1. The highest BCUT2D eigenvalue weighted by atomic mass is 32.1. The molecule has 0 aliphatic rings. The zero-order valence-corrected chi connectivity index (χ0v) is 16.9. The summed E-state index contributed by atoms with van der Waals surface area (Å²) in [6.45, 7) is 0. The average Bonchev–Trinajstić information content (AvgIpc) is 3.44. The van der Waals surface area contributed by atoms with E-state index in [0.29, 0.717) is 15.4 Å². The van der Waals surface area contributed by atoms with Crippen molar-refractivity contribution in [3.05, 3.63) is 68.9 Å². The van der Waals surface area contributed by atoms with E-state index in [1.807, 2.05) is 29.6 Å². The summed E-state index contributed by atoms with van der Waals surface area (Å²) in [6, 6.07) is 14.1. The first-order valence-electron chi connectivity index (χ1n) is 8.38. The van der Waals surface area contributed by atoms with Gasteiger partial charge in [0, 0.05) is 27.6 Å². The van der Waals surface area contributed by atoms with E-state index < -0.39 is 4.92 Å². The Balaban J connectivity index is 1.38. The third-order valence-corrected chi connectivity index (χ3v) is 7.10. The van der Waals surface area contributed by atoms with Crippen LogP contribution in [0, 0.1) is 10.1 Å². The molecule has 0 saturated carbocycles. The van der Waals surface area contributed by atoms with E-state index >= 15 is 0 Å². The molecule has 5 aromatic rings. The Morgan fingerprint density at radius 1 is 1.03 bits per heavy atom. The molecule has 0 spiro atoms. The number of thiazole rings is 2. The molecule has 5 rings (SSSR count). The van der Waals surface area contributed by atoms with Crippen LogP contribution < -0.4 is 5.32 Å². The molecule has 2 aromatic carbocycles. The smallest absolute Gasteiger partial charge is 0.270 e. The van der Waals surface area contributed by atoms with E-state index in [1.165, 1.54) is 34.8 Å². The molecule has 3 heterocycles. The van der Waals surface area contributed by atoms with Crippen LogP contribution in [0.15, 0.2) is 53.9 Å². The molecule has 29 heavy (non-hydrogen) atoms. The number of nitro groups is 1. The number of nitro benzene ring substituents is 1. The lowest BCUT2D eigenvalue weighted by molar-refractivity contribution is -0.384. The zero-order valence-electron chi connectivity index (χ0n) is 14.5. The number of fused-ring (bicyclic) bond motifs is 2. The van der Waals surface area contributed by atoms with Gasteiger partial charge in [0.1, 0.15) is 10.7 Å². The van der Waals surface area contributed by atoms with Crippen LogP contribution in [0.4, 0.5) is 10.8 Å². The van der Waals surface area contributed by atoms with Gasteiger partial charge in [-0.05, 0) is 24.3 Å². The van der Waals surface area contributed by atoms with Crippen molar-refractivity contribution in [1.82, 2.24) is 9.97 Å². The molecule has 0 fully saturated rings. The minimum atomic E-state index is -0.448. The number of amides is 1. The maximum atomic E-state index is 12.6. The van der Waals surface area contributed by atoms with E-state index in [1.54, 1.807) is 23.5 Å². The van der Waals surface area contributed by atoms with Crippen molar-refractivity contribution in [1.29, 1.82) is 0 Å². The van der Waals surface area contributed by atoms with Gasteiger partial charge >= 0.3 is 0 Å². The molecule has 0 saturated heterocycles. The quantitative estimate of drug-likeness (QED) is 0.283. The predicted molar refractivity (Wildman–Crippen MR) is 117 cm³/mol. The second-order valence-electron chi connectivity index (χ2n) is 6.07. The SMILES string of the molecule is O=C(Nc1nc(-c2nc3ccccc3s2)cs1)c1cc2cc([N+](=O)[O-])ccc2s1. The van der Waals surface area contributed by atoms with Gasteiger partial charge in [0.15, 0.2) is 5.13 Å². The Bertz CT molecular complexity index is 1370. The fraction of sp³-hybridized carbons (Fsp3) is 0. The molecule has 7 nitrogen and oxygen atoms in total. The monoisotopic (exact) mass is 438 g/mol. The predicted octanol–water partition coefficient (Wildman–Crippen LogP) is 5.80. The molecular formula is C19H10N4O3S3. The first-order valence-corrected chi connectivity index (χ1v) is 10.9. The number of carbonyl (C=O) groups is 1. The molecule has 3 aromatic heterocycles. The van der Waals surface area contributed by atoms with Gasteiger partial charge in [-0.15, -0.1) is 34.0 Å². The number of thiophene rings is 1. The molecule has 0 radical (unpaired) electrons. The van der Waals surface area contributed by atoms with Gasteiger partial charge in [0.25, 0.3) is 11.6 Å². The maximum Gasteiger partial charge on any atom is 0.270 e. The van der Waals surface area contributed by atoms with Crippen molar-refractivity contribution >= 4 is 71.0 Å². The first kappa shape index (κ1) is 17.9. The molecule has 142 valence electrons. The fourth-order valence-corrected chi connectivity index (χ4v) is 5.46. The van der Waals surface area contributed by atoms with Crippen molar-refractivity contribution < 1.29 is 9.72 Å². The summed E-state index contributed by atoms with van der Waals surface area (Å²) >= 11 is 4.17. The second-order valence-corrected chi connectivity index (χ2v) is 9.04. The Hall–Kier alpha value is -3.21. The summed E-state index contributed by atoms with van der Waals surface area (Å²) in [6.07, 6.45) is 0. The van der Waals surface area contributed by atoms with Crippen molar-refractivity contribution in [2.75, 3.05) is 5.32 Å². The Labute approximate surface area is 175 Å². The Morgan fingerprint density at radius 2 is 1.90 bits per heavy atom. The lowest BCUT2D eigenvalue weighted by Crippen LogP contribution is -2.09. The van der Waals surface area contributed by atoms with Crippen molar-refractivity contribution in [3.8, 4) is 10.7 Å². The van der Waals surface area contributed by atoms with Crippen molar-refractivity contribution in [3.63, 3.8) is 0 Å². The topological polar surface area (TPSA) is 98.0 Å². The summed E-state index contributed by atoms with van der Waals surface area (Å²) in [5, 5.41) is 17.5. The van der Waals surface area contributed by atoms with Crippen LogP contribution >= 0.6 is 34.0 Å². The average molecular weight is 439 g/mol. The third kappa shape index (κ3) is 3.37. The first-order chi connectivity index (χ1) is 14.1. The number of para-hydroxylation sites is 1. The van der Waals surface area contributed by atoms with E-state index in [-0.39, 0.29) is 11.6 Å². The minimum Gasteiger partial charge on any atom is -0.297 e. The highest BCUT2D eigenvalue weighted by molar-refractivity contribution is 7.22. The summed E-state index contributed by atoms with van der Waals surface area (Å²) in [5.74, 6) is -0.293. The largest absolute Gasteiger partial charge is 0.297 e. The molecule has 0 aliphatic carbocycles. The van der Waals surface area contributed by atoms with Gasteiger partial charge in [-0.1, -0.05) is 12.1 Å². The number of hydrogen-bond acceptors (Lipinski definition) is 8. The minimum absolute atomic E-state index is 0.00246. The number of nitrogens with one attached hydrogen (secondary N) is 1. The van der Waals surface area contributed by atoms with Crippen molar-refractivity contribution in [2.24, 2.45) is 0 Å². The number of aromatic nitrogens is 2. The van der Waals surface area contributed by atoms with E-state index in [4.69, 9.17) is 0 Å². The molecule has 0 aliphatic heterocycles. The standard InChI is InChI=1S/C19H10N4O3S3/c24-17(16-8-10-7-11(23(25)26)5-6-14(10)28-16)22-19-21-13(9-27-19)18-20-12-3-1-2-4-15(12)29-18/h1-9H,(H,21,22,24). The molecule has 1 N–H and O–H groups in total. The van der Waals surface area contributed by atoms with Gasteiger partial charge in [0.2, 0.25) is 0 Å². The van der Waals surface area contributed by atoms with Gasteiger partial charge in [-0.2, -0.15) is 0 Å². The Kier molecular flexibility index (Phi) is 4.31. The van der Waals surface area contributed by atoms with Crippen LogP contribution in [-0.2, 0) is 0 Å². The lowest BCUT2D eigenvalue weighted by atomic mass is 10.2. The molecular weight excluding hydrogens is 428 g/mol. The van der Waals surface area contributed by atoms with Crippen molar-refractivity contribution in [2.45, 2.75) is 0 Å². The summed E-state index contributed by atoms with van der Waals surface area (Å²) in [5.41, 5.74) is 1.64. The van der Waals surface area contributed by atoms with Crippen LogP contribution in [-0.4, -0.2) is 20.8 Å². The summed E-state index contributed by atoms with van der Waals surface area (Å²) in [7, 11) is 0. The number of carbonyl (C=O) groups excluding carboxylic acids is 1. The summed E-state index contributed by atoms with van der Waals surface area (Å²) < 4.78 is 1.90.